The van der Waals surface area contributed by atoms with E-state index >= 15 is 0 Å². The molecule has 1 aromatic heterocycles. The summed E-state index contributed by atoms with van der Waals surface area (Å²) in [7, 11) is 2.18. The summed E-state index contributed by atoms with van der Waals surface area (Å²) >= 11 is 0. The van der Waals surface area contributed by atoms with Gasteiger partial charge < -0.3 is 10.6 Å². The molecule has 0 atom stereocenters. The van der Waals surface area contributed by atoms with E-state index in [1.807, 2.05) is 6.92 Å². The van der Waals surface area contributed by atoms with E-state index in [-0.39, 0.29) is 5.54 Å². The number of aryl methyl sites for hydroxylation is 1. The summed E-state index contributed by atoms with van der Waals surface area (Å²) in [5.74, 6) is 2.44. The van der Waals surface area contributed by atoms with Crippen molar-refractivity contribution in [1.29, 1.82) is 0 Å². The molecule has 0 amide bonds. The zero-order valence-corrected chi connectivity index (χ0v) is 12.7. The minimum atomic E-state index is 0.150. The summed E-state index contributed by atoms with van der Waals surface area (Å²) in [6, 6.07) is 0. The first-order valence-corrected chi connectivity index (χ1v) is 6.94. The molecule has 0 aliphatic carbocycles. The van der Waals surface area contributed by atoms with Crippen molar-refractivity contribution in [2.45, 2.75) is 39.7 Å². The highest BCUT2D eigenvalue weighted by Gasteiger charge is 2.32. The first-order chi connectivity index (χ1) is 8.85. The first-order valence-electron chi connectivity index (χ1n) is 6.94. The van der Waals surface area contributed by atoms with Crippen LogP contribution in [-0.4, -0.2) is 47.1 Å². The zero-order valence-electron chi connectivity index (χ0n) is 12.7. The van der Waals surface area contributed by atoms with E-state index < -0.39 is 0 Å². The number of hydrogen-bond donors (Lipinski definition) is 1. The maximum Gasteiger partial charge on any atom is 0.137 e. The van der Waals surface area contributed by atoms with Crippen molar-refractivity contribution in [3.8, 4) is 0 Å². The van der Waals surface area contributed by atoms with Crippen LogP contribution < -0.4 is 10.6 Å². The van der Waals surface area contributed by atoms with E-state index in [9.17, 15) is 0 Å². The van der Waals surface area contributed by atoms with Gasteiger partial charge in [-0.15, -0.1) is 0 Å². The Bertz CT molecular complexity index is 469. The molecule has 0 unspecified atom stereocenters. The fourth-order valence-corrected chi connectivity index (χ4v) is 2.46. The van der Waals surface area contributed by atoms with Crippen molar-refractivity contribution in [2.75, 3.05) is 37.3 Å². The molecule has 1 saturated heterocycles. The normalized spacial score (nSPS) is 19.7. The number of likely N-dealkylation sites (N-methyl/N-ethyl adjacent to an activating group) is 1. The number of anilines is 2. The summed E-state index contributed by atoms with van der Waals surface area (Å²) < 4.78 is 0. The van der Waals surface area contributed by atoms with Gasteiger partial charge in [-0.3, -0.25) is 4.90 Å². The highest BCUT2D eigenvalue weighted by molar-refractivity contribution is 5.57. The van der Waals surface area contributed by atoms with E-state index in [2.05, 4.69) is 47.6 Å². The smallest absolute Gasteiger partial charge is 0.137 e. The predicted octanol–water partition coefficient (Wildman–Crippen LogP) is 1.46. The standard InChI is InChI=1S/C14H25N5/c1-6-11-16-12(15)10(2)13(17-11)19-8-7-18(5)14(3,4)9-19/h6-9H2,1-5H3,(H2,15,16,17). The van der Waals surface area contributed by atoms with Gasteiger partial charge in [-0.1, -0.05) is 6.92 Å². The van der Waals surface area contributed by atoms with Crippen LogP contribution in [0.1, 0.15) is 32.2 Å². The van der Waals surface area contributed by atoms with Gasteiger partial charge in [0.25, 0.3) is 0 Å². The van der Waals surface area contributed by atoms with Crippen LogP contribution in [0.3, 0.4) is 0 Å². The van der Waals surface area contributed by atoms with Crippen LogP contribution in [0.15, 0.2) is 0 Å². The minimum absolute atomic E-state index is 0.150. The van der Waals surface area contributed by atoms with Crippen molar-refractivity contribution >= 4 is 11.6 Å². The Morgan fingerprint density at radius 1 is 1.26 bits per heavy atom. The highest BCUT2D eigenvalue weighted by Crippen LogP contribution is 2.27. The molecule has 5 nitrogen and oxygen atoms in total. The van der Waals surface area contributed by atoms with Gasteiger partial charge in [0.05, 0.1) is 0 Å². The molecule has 0 aromatic carbocycles. The van der Waals surface area contributed by atoms with Crippen LogP contribution in [-0.2, 0) is 6.42 Å². The third-order valence-corrected chi connectivity index (χ3v) is 4.14. The van der Waals surface area contributed by atoms with Crippen LogP contribution in [0, 0.1) is 6.92 Å². The van der Waals surface area contributed by atoms with Gasteiger partial charge in [0.15, 0.2) is 0 Å². The van der Waals surface area contributed by atoms with Gasteiger partial charge in [-0.2, -0.15) is 0 Å². The quantitative estimate of drug-likeness (QED) is 0.875. The molecule has 2 heterocycles. The van der Waals surface area contributed by atoms with Crippen LogP contribution in [0.2, 0.25) is 0 Å². The van der Waals surface area contributed by atoms with Crippen molar-refractivity contribution in [1.82, 2.24) is 14.9 Å². The highest BCUT2D eigenvalue weighted by atomic mass is 15.3. The molecule has 19 heavy (non-hydrogen) atoms. The van der Waals surface area contributed by atoms with Gasteiger partial charge in [-0.25, -0.2) is 9.97 Å². The van der Waals surface area contributed by atoms with Crippen LogP contribution in [0.25, 0.3) is 0 Å². The molecule has 1 fully saturated rings. The number of nitrogen functional groups attached to an aromatic ring is 1. The van der Waals surface area contributed by atoms with Crippen molar-refractivity contribution in [3.05, 3.63) is 11.4 Å². The largest absolute Gasteiger partial charge is 0.383 e. The fourth-order valence-electron chi connectivity index (χ4n) is 2.46. The molecule has 1 aromatic rings. The van der Waals surface area contributed by atoms with Crippen molar-refractivity contribution in [2.24, 2.45) is 0 Å². The molecule has 0 radical (unpaired) electrons. The molecule has 0 spiro atoms. The van der Waals surface area contributed by atoms with Gasteiger partial charge in [0, 0.05) is 37.2 Å². The molecule has 2 rings (SSSR count). The summed E-state index contributed by atoms with van der Waals surface area (Å²) in [5.41, 5.74) is 7.16. The Morgan fingerprint density at radius 2 is 1.95 bits per heavy atom. The lowest BCUT2D eigenvalue weighted by molar-refractivity contribution is 0.138. The molecule has 2 N–H and O–H groups in total. The Labute approximate surface area is 115 Å². The summed E-state index contributed by atoms with van der Waals surface area (Å²) in [6.45, 7) is 11.6. The third kappa shape index (κ3) is 2.66. The monoisotopic (exact) mass is 263 g/mol. The first kappa shape index (κ1) is 14.1. The topological polar surface area (TPSA) is 58.3 Å². The Hall–Kier alpha value is -1.36. The minimum Gasteiger partial charge on any atom is -0.383 e. The Morgan fingerprint density at radius 3 is 2.53 bits per heavy atom. The molecular formula is C14H25N5. The number of nitrogens with zero attached hydrogens (tertiary/aromatic N) is 4. The van der Waals surface area contributed by atoms with Crippen LogP contribution >= 0.6 is 0 Å². The summed E-state index contributed by atoms with van der Waals surface area (Å²) in [4.78, 5) is 13.7. The third-order valence-electron chi connectivity index (χ3n) is 4.14. The van der Waals surface area contributed by atoms with Gasteiger partial charge in [0.1, 0.15) is 17.5 Å². The van der Waals surface area contributed by atoms with E-state index in [0.717, 1.165) is 43.3 Å². The molecule has 0 saturated carbocycles. The molecule has 0 bridgehead atoms. The second-order valence-electron chi connectivity index (χ2n) is 5.98. The predicted molar refractivity (Wildman–Crippen MR) is 79.5 cm³/mol. The second-order valence-corrected chi connectivity index (χ2v) is 5.98. The Balaban J connectivity index is 2.34. The molecule has 1 aliphatic rings. The molecule has 5 heteroatoms. The summed E-state index contributed by atoms with van der Waals surface area (Å²) in [5, 5.41) is 0. The average molecular weight is 263 g/mol. The maximum absolute atomic E-state index is 6.01. The number of nitrogens with two attached hydrogens (primary N) is 1. The number of rotatable bonds is 2. The van der Waals surface area contributed by atoms with Crippen molar-refractivity contribution < 1.29 is 0 Å². The van der Waals surface area contributed by atoms with Gasteiger partial charge in [-0.05, 0) is 27.8 Å². The van der Waals surface area contributed by atoms with Gasteiger partial charge in [0.2, 0.25) is 0 Å². The Kier molecular flexibility index (Phi) is 3.67. The summed E-state index contributed by atoms with van der Waals surface area (Å²) in [6.07, 6.45) is 0.814. The second kappa shape index (κ2) is 4.96. The maximum atomic E-state index is 6.01. The lowest BCUT2D eigenvalue weighted by Crippen LogP contribution is -2.58. The van der Waals surface area contributed by atoms with E-state index in [0.29, 0.717) is 5.82 Å². The average Bonchev–Trinajstić information content (AvgIpc) is 2.36. The number of aromatic nitrogens is 2. The molecule has 106 valence electrons. The molecular weight excluding hydrogens is 238 g/mol. The number of piperazine rings is 1. The van der Waals surface area contributed by atoms with E-state index in [1.165, 1.54) is 0 Å². The van der Waals surface area contributed by atoms with Gasteiger partial charge >= 0.3 is 0 Å². The SMILES string of the molecule is CCc1nc(N)c(C)c(N2CCN(C)C(C)(C)C2)n1. The van der Waals surface area contributed by atoms with E-state index in [4.69, 9.17) is 5.73 Å². The molecule has 1 aliphatic heterocycles. The zero-order chi connectivity index (χ0) is 14.2. The van der Waals surface area contributed by atoms with Crippen molar-refractivity contribution in [3.63, 3.8) is 0 Å². The van der Waals surface area contributed by atoms with Crippen LogP contribution in [0.4, 0.5) is 11.6 Å². The fraction of sp³-hybridized carbons (Fsp3) is 0.714. The van der Waals surface area contributed by atoms with E-state index in [1.54, 1.807) is 0 Å². The number of hydrogen-bond acceptors (Lipinski definition) is 5. The lowest BCUT2D eigenvalue weighted by Gasteiger charge is -2.46. The van der Waals surface area contributed by atoms with Crippen LogP contribution in [0.5, 0.6) is 0 Å². The lowest BCUT2D eigenvalue weighted by atomic mass is 9.99.